The lowest BCUT2D eigenvalue weighted by Gasteiger charge is -2.34. The number of likely N-dealkylation sites (tertiary alicyclic amines) is 1. The van der Waals surface area contributed by atoms with Crippen LogP contribution in [0.1, 0.15) is 53.8 Å². The summed E-state index contributed by atoms with van der Waals surface area (Å²) in [5.41, 5.74) is 0.148. The maximum Gasteiger partial charge on any atom is 0.251 e. The monoisotopic (exact) mass is 476 g/mol. The summed E-state index contributed by atoms with van der Waals surface area (Å²) in [5, 5.41) is 3.33. The Bertz CT molecular complexity index is 1020. The van der Waals surface area contributed by atoms with E-state index in [1.165, 1.54) is 0 Å². The average Bonchev–Trinajstić information content (AvgIpc) is 2.79. The van der Waals surface area contributed by atoms with Gasteiger partial charge in [0.1, 0.15) is 17.7 Å². The molecule has 2 amide bonds. The Morgan fingerprint density at radius 3 is 2.30 bits per heavy atom. The predicted octanol–water partition coefficient (Wildman–Crippen LogP) is 4.88. The number of nitrogens with zero attached hydrogens (tertiary/aromatic N) is 1. The van der Waals surface area contributed by atoms with Crippen LogP contribution in [0.5, 0.6) is 0 Å². The van der Waals surface area contributed by atoms with Crippen molar-refractivity contribution in [3.63, 3.8) is 0 Å². The summed E-state index contributed by atoms with van der Waals surface area (Å²) in [6.07, 6.45) is 1.16. The van der Waals surface area contributed by atoms with Gasteiger partial charge in [0.2, 0.25) is 5.91 Å². The average molecular weight is 477 g/mol. The third kappa shape index (κ3) is 6.38. The van der Waals surface area contributed by atoms with E-state index in [4.69, 9.17) is 11.6 Å². The third-order valence-corrected chi connectivity index (χ3v) is 6.04. The molecule has 0 aromatic heterocycles. The second-order valence-corrected chi connectivity index (χ2v) is 9.19. The van der Waals surface area contributed by atoms with E-state index in [-0.39, 0.29) is 23.3 Å². The van der Waals surface area contributed by atoms with Crippen molar-refractivity contribution < 1.29 is 23.2 Å². The number of hydrogen-bond donors (Lipinski definition) is 1. The van der Waals surface area contributed by atoms with Crippen LogP contribution in [-0.4, -0.2) is 41.6 Å². The quantitative estimate of drug-likeness (QED) is 0.579. The molecule has 0 saturated carbocycles. The van der Waals surface area contributed by atoms with Crippen molar-refractivity contribution >= 4 is 29.2 Å². The summed E-state index contributed by atoms with van der Waals surface area (Å²) < 4.78 is 27.5. The zero-order valence-corrected chi connectivity index (χ0v) is 19.4. The fourth-order valence-corrected chi connectivity index (χ4v) is 4.15. The van der Waals surface area contributed by atoms with E-state index < -0.39 is 29.4 Å². The van der Waals surface area contributed by atoms with Gasteiger partial charge in [0.15, 0.2) is 5.78 Å². The number of piperidine rings is 1. The summed E-state index contributed by atoms with van der Waals surface area (Å²) in [6.45, 7) is 4.54. The molecule has 1 saturated heterocycles. The number of halogens is 3. The van der Waals surface area contributed by atoms with Crippen LogP contribution in [0.3, 0.4) is 0 Å². The number of carbonyl (C=O) groups excluding carboxylic acids is 3. The van der Waals surface area contributed by atoms with Crippen LogP contribution < -0.4 is 5.32 Å². The summed E-state index contributed by atoms with van der Waals surface area (Å²) >= 11 is 5.88. The molecular weight excluding hydrogens is 450 g/mol. The number of nitrogens with one attached hydrogen (secondary N) is 1. The van der Waals surface area contributed by atoms with Crippen LogP contribution in [0.15, 0.2) is 42.5 Å². The maximum absolute atomic E-state index is 14.0. The molecular formula is C25H27ClF2N2O3. The van der Waals surface area contributed by atoms with Crippen molar-refractivity contribution in [2.24, 2.45) is 11.8 Å². The summed E-state index contributed by atoms with van der Waals surface area (Å²) in [4.78, 5) is 40.2. The van der Waals surface area contributed by atoms with Gasteiger partial charge in [0.05, 0.1) is 5.56 Å². The zero-order chi connectivity index (χ0) is 24.1. The highest BCUT2D eigenvalue weighted by Crippen LogP contribution is 2.25. The molecule has 2 aromatic carbocycles. The van der Waals surface area contributed by atoms with E-state index in [0.29, 0.717) is 42.9 Å². The number of Topliss-reactive ketones (excluding diaryl/α,β-unsaturated/α-hetero) is 1. The van der Waals surface area contributed by atoms with E-state index in [9.17, 15) is 23.2 Å². The molecule has 8 heteroatoms. The number of carbonyl (C=O) groups is 3. The van der Waals surface area contributed by atoms with Gasteiger partial charge >= 0.3 is 0 Å². The molecule has 1 unspecified atom stereocenters. The van der Waals surface area contributed by atoms with Crippen molar-refractivity contribution in [2.45, 2.75) is 39.2 Å². The number of benzene rings is 2. The highest BCUT2D eigenvalue weighted by atomic mass is 35.5. The molecule has 1 aliphatic heterocycles. The van der Waals surface area contributed by atoms with E-state index in [1.54, 1.807) is 29.2 Å². The van der Waals surface area contributed by atoms with Crippen molar-refractivity contribution in [2.75, 3.05) is 13.1 Å². The second kappa shape index (κ2) is 10.9. The highest BCUT2D eigenvalue weighted by molar-refractivity contribution is 6.30. The molecule has 176 valence electrons. The third-order valence-electron chi connectivity index (χ3n) is 5.79. The molecule has 0 spiro atoms. The van der Waals surface area contributed by atoms with Crippen LogP contribution >= 0.6 is 11.6 Å². The van der Waals surface area contributed by atoms with Gasteiger partial charge in [-0.25, -0.2) is 8.78 Å². The Kier molecular flexibility index (Phi) is 8.19. The van der Waals surface area contributed by atoms with Gasteiger partial charge in [-0.15, -0.1) is 0 Å². The Morgan fingerprint density at radius 2 is 1.70 bits per heavy atom. The van der Waals surface area contributed by atoms with Crippen molar-refractivity contribution in [3.05, 3.63) is 70.2 Å². The minimum Gasteiger partial charge on any atom is -0.341 e. The number of amides is 2. The lowest BCUT2D eigenvalue weighted by atomic mass is 9.88. The molecule has 33 heavy (non-hydrogen) atoms. The molecule has 3 rings (SSSR count). The van der Waals surface area contributed by atoms with Gasteiger partial charge in [-0.2, -0.15) is 0 Å². The minimum atomic E-state index is -0.748. The van der Waals surface area contributed by atoms with Gasteiger partial charge in [-0.05, 0) is 67.6 Å². The first-order valence-corrected chi connectivity index (χ1v) is 11.4. The number of hydrogen-bond acceptors (Lipinski definition) is 3. The van der Waals surface area contributed by atoms with Crippen molar-refractivity contribution in [1.82, 2.24) is 10.2 Å². The number of rotatable bonds is 7. The summed E-state index contributed by atoms with van der Waals surface area (Å²) in [6, 6.07) is 8.54. The second-order valence-electron chi connectivity index (χ2n) is 8.75. The largest absolute Gasteiger partial charge is 0.341 e. The smallest absolute Gasteiger partial charge is 0.251 e. The van der Waals surface area contributed by atoms with Crippen LogP contribution in [0, 0.1) is 23.5 Å². The Hall–Kier alpha value is -2.80. The van der Waals surface area contributed by atoms with E-state index >= 15 is 0 Å². The first-order chi connectivity index (χ1) is 15.7. The SMILES string of the molecule is CC(C)CC(NC(=O)c1ccc(Cl)cc1)C(=O)N1CCC(C(=O)c2cc(F)ccc2F)CC1. The molecule has 1 N–H and O–H groups in total. The molecule has 1 heterocycles. The first-order valence-electron chi connectivity index (χ1n) is 11.0. The molecule has 1 aliphatic rings. The lowest BCUT2D eigenvalue weighted by Crippen LogP contribution is -2.51. The van der Waals surface area contributed by atoms with Crippen LogP contribution in [-0.2, 0) is 4.79 Å². The first kappa shape index (κ1) is 24.8. The molecule has 0 bridgehead atoms. The van der Waals surface area contributed by atoms with Gasteiger partial charge in [0.25, 0.3) is 5.91 Å². The topological polar surface area (TPSA) is 66.5 Å². The van der Waals surface area contributed by atoms with Gasteiger partial charge < -0.3 is 10.2 Å². The van der Waals surface area contributed by atoms with E-state index in [2.05, 4.69) is 5.32 Å². The Labute approximate surface area is 197 Å². The normalized spacial score (nSPS) is 15.4. The fourth-order valence-electron chi connectivity index (χ4n) is 4.02. The van der Waals surface area contributed by atoms with Gasteiger partial charge in [0, 0.05) is 29.6 Å². The standard InChI is InChI=1S/C25H27ClF2N2O3/c1-15(2)13-22(29-24(32)17-3-5-18(26)6-4-17)25(33)30-11-9-16(10-12-30)23(31)20-14-19(27)7-8-21(20)28/h3-8,14-16,22H,9-13H2,1-2H3,(H,29,32). The fraction of sp³-hybridized carbons (Fsp3) is 0.400. The van der Waals surface area contributed by atoms with Crippen LogP contribution in [0.4, 0.5) is 8.78 Å². The zero-order valence-electron chi connectivity index (χ0n) is 18.6. The molecule has 0 radical (unpaired) electrons. The maximum atomic E-state index is 14.0. The van der Waals surface area contributed by atoms with Crippen LogP contribution in [0.25, 0.3) is 0 Å². The molecule has 1 fully saturated rings. The molecule has 0 aliphatic carbocycles. The van der Waals surface area contributed by atoms with Crippen molar-refractivity contribution in [3.8, 4) is 0 Å². The van der Waals surface area contributed by atoms with Gasteiger partial charge in [-0.1, -0.05) is 25.4 Å². The lowest BCUT2D eigenvalue weighted by molar-refractivity contribution is -0.134. The van der Waals surface area contributed by atoms with Crippen LogP contribution in [0.2, 0.25) is 5.02 Å². The summed E-state index contributed by atoms with van der Waals surface area (Å²) in [5.74, 6) is -2.76. The molecule has 2 aromatic rings. The van der Waals surface area contributed by atoms with E-state index in [1.807, 2.05) is 13.8 Å². The van der Waals surface area contributed by atoms with E-state index in [0.717, 1.165) is 18.2 Å². The molecule has 1 atom stereocenters. The highest BCUT2D eigenvalue weighted by Gasteiger charge is 2.33. The minimum absolute atomic E-state index is 0.166. The predicted molar refractivity (Wildman–Crippen MR) is 122 cm³/mol. The van der Waals surface area contributed by atoms with Gasteiger partial charge in [-0.3, -0.25) is 14.4 Å². The Balaban J connectivity index is 1.64. The molecule has 5 nitrogen and oxygen atoms in total. The Morgan fingerprint density at radius 1 is 1.06 bits per heavy atom. The number of ketones is 1. The summed E-state index contributed by atoms with van der Waals surface area (Å²) in [7, 11) is 0. The van der Waals surface area contributed by atoms with Crippen molar-refractivity contribution in [1.29, 1.82) is 0 Å².